The maximum atomic E-state index is 2.38. The zero-order valence-electron chi connectivity index (χ0n) is 31.3. The fourth-order valence-electron chi connectivity index (χ4n) is 8.93. The van der Waals surface area contributed by atoms with Gasteiger partial charge in [-0.3, -0.25) is 0 Å². The summed E-state index contributed by atoms with van der Waals surface area (Å²) in [6.45, 7) is 0. The predicted octanol–water partition coefficient (Wildman–Crippen LogP) is 15.4. The van der Waals surface area contributed by atoms with Crippen LogP contribution in [0.4, 0.5) is 0 Å². The Morgan fingerprint density at radius 3 is 1.18 bits per heavy atom. The summed E-state index contributed by atoms with van der Waals surface area (Å²) >= 11 is 0. The number of aromatic nitrogens is 1. The van der Waals surface area contributed by atoms with Gasteiger partial charge in [-0.2, -0.15) is 0 Å². The molecule has 10 aromatic carbocycles. The molecule has 1 aromatic heterocycles. The van der Waals surface area contributed by atoms with Crippen LogP contribution in [-0.4, -0.2) is 4.57 Å². The van der Waals surface area contributed by atoms with Crippen molar-refractivity contribution in [2.75, 3.05) is 0 Å². The average molecular weight is 724 g/mol. The van der Waals surface area contributed by atoms with E-state index in [1.807, 2.05) is 0 Å². The fourth-order valence-corrected chi connectivity index (χ4v) is 8.93. The number of fused-ring (bicyclic) bond motifs is 6. The van der Waals surface area contributed by atoms with Gasteiger partial charge in [-0.25, -0.2) is 0 Å². The van der Waals surface area contributed by atoms with Gasteiger partial charge >= 0.3 is 0 Å². The molecule has 0 aliphatic carbocycles. The molecule has 0 fully saturated rings. The van der Waals surface area contributed by atoms with Gasteiger partial charge in [-0.1, -0.05) is 200 Å². The van der Waals surface area contributed by atoms with Crippen LogP contribution in [0.2, 0.25) is 0 Å². The molecule has 0 saturated heterocycles. The molecule has 1 heterocycles. The van der Waals surface area contributed by atoms with E-state index >= 15 is 0 Å². The van der Waals surface area contributed by atoms with Crippen molar-refractivity contribution in [1.82, 2.24) is 4.57 Å². The van der Waals surface area contributed by atoms with Gasteiger partial charge in [0.05, 0.1) is 11.0 Å². The molecule has 0 saturated carbocycles. The second kappa shape index (κ2) is 13.7. The molecule has 266 valence electrons. The van der Waals surface area contributed by atoms with Crippen molar-refractivity contribution in [3.63, 3.8) is 0 Å². The van der Waals surface area contributed by atoms with Crippen LogP contribution in [0.1, 0.15) is 11.1 Å². The Labute approximate surface area is 332 Å². The minimum Gasteiger partial charge on any atom is -0.309 e. The van der Waals surface area contributed by atoms with E-state index in [9.17, 15) is 0 Å². The molecule has 0 atom stereocenters. The standard InChI is InChI=1S/C56H37N/c1-2-14-45-40(12-1)13-11-21-46(45)41-30-26-38(27-31-41)24-25-39-28-32-42(33-29-39)55-49-17-3-5-19-51(49)56(52-20-6-4-18-50(52)55)43-34-36-44(37-35-43)57-53-22-9-7-15-47(53)48-16-8-10-23-54(48)57/h1-37H. The molecular weight excluding hydrogens is 687 g/mol. The first kappa shape index (κ1) is 32.9. The predicted molar refractivity (Wildman–Crippen MR) is 245 cm³/mol. The molecule has 1 nitrogen and oxygen atoms in total. The quantitative estimate of drug-likeness (QED) is 0.119. The van der Waals surface area contributed by atoms with Crippen LogP contribution in [-0.2, 0) is 0 Å². The molecule has 1 heteroatoms. The van der Waals surface area contributed by atoms with E-state index in [2.05, 4.69) is 229 Å². The van der Waals surface area contributed by atoms with Gasteiger partial charge in [0.25, 0.3) is 0 Å². The zero-order chi connectivity index (χ0) is 37.7. The lowest BCUT2D eigenvalue weighted by Crippen LogP contribution is -1.94. The highest BCUT2D eigenvalue weighted by Gasteiger charge is 2.17. The molecule has 0 amide bonds. The molecule has 0 aliphatic rings. The van der Waals surface area contributed by atoms with Crippen LogP contribution in [0.25, 0.3) is 105 Å². The highest BCUT2D eigenvalue weighted by atomic mass is 15.0. The first-order valence-corrected chi connectivity index (χ1v) is 19.7. The smallest absolute Gasteiger partial charge is 0.0541 e. The second-order valence-corrected chi connectivity index (χ2v) is 14.9. The molecular formula is C56H37N. The third-order valence-electron chi connectivity index (χ3n) is 11.6. The average Bonchev–Trinajstić information content (AvgIpc) is 3.62. The van der Waals surface area contributed by atoms with Gasteiger partial charge in [-0.15, -0.1) is 0 Å². The van der Waals surface area contributed by atoms with Crippen LogP contribution in [0, 0.1) is 0 Å². The molecule has 57 heavy (non-hydrogen) atoms. The Bertz CT molecular complexity index is 3190. The summed E-state index contributed by atoms with van der Waals surface area (Å²) < 4.78 is 2.38. The Kier molecular flexibility index (Phi) is 7.89. The van der Waals surface area contributed by atoms with E-state index in [-0.39, 0.29) is 0 Å². The third kappa shape index (κ3) is 5.63. The molecule has 11 aromatic rings. The topological polar surface area (TPSA) is 4.93 Å². The minimum atomic E-state index is 1.16. The summed E-state index contributed by atoms with van der Waals surface area (Å²) in [6.07, 6.45) is 4.41. The summed E-state index contributed by atoms with van der Waals surface area (Å²) in [6, 6.07) is 77.3. The minimum absolute atomic E-state index is 1.16. The molecule has 0 spiro atoms. The molecule has 0 radical (unpaired) electrons. The fraction of sp³-hybridized carbons (Fsp3) is 0. The normalized spacial score (nSPS) is 11.8. The summed E-state index contributed by atoms with van der Waals surface area (Å²) in [4.78, 5) is 0. The molecule has 0 unspecified atom stereocenters. The van der Waals surface area contributed by atoms with Crippen molar-refractivity contribution in [3.05, 3.63) is 223 Å². The second-order valence-electron chi connectivity index (χ2n) is 14.9. The van der Waals surface area contributed by atoms with Crippen molar-refractivity contribution >= 4 is 66.3 Å². The number of benzene rings is 10. The highest BCUT2D eigenvalue weighted by Crippen LogP contribution is 2.44. The highest BCUT2D eigenvalue weighted by molar-refractivity contribution is 6.21. The van der Waals surface area contributed by atoms with Gasteiger partial charge in [0.1, 0.15) is 0 Å². The van der Waals surface area contributed by atoms with Gasteiger partial charge in [0, 0.05) is 16.5 Å². The summed E-state index contributed by atoms with van der Waals surface area (Å²) in [5, 5.41) is 10.1. The maximum Gasteiger partial charge on any atom is 0.0541 e. The van der Waals surface area contributed by atoms with Crippen molar-refractivity contribution in [2.24, 2.45) is 0 Å². The Morgan fingerprint density at radius 2 is 0.667 bits per heavy atom. The third-order valence-corrected chi connectivity index (χ3v) is 11.6. The number of hydrogen-bond acceptors (Lipinski definition) is 0. The van der Waals surface area contributed by atoms with Crippen LogP contribution < -0.4 is 0 Å². The van der Waals surface area contributed by atoms with Crippen LogP contribution in [0.15, 0.2) is 212 Å². The zero-order valence-corrected chi connectivity index (χ0v) is 31.3. The first-order valence-electron chi connectivity index (χ1n) is 19.7. The number of para-hydroxylation sites is 2. The first-order chi connectivity index (χ1) is 28.3. The number of nitrogens with zero attached hydrogens (tertiary/aromatic N) is 1. The Morgan fingerprint density at radius 1 is 0.281 bits per heavy atom. The summed E-state index contributed by atoms with van der Waals surface area (Å²) in [7, 11) is 0. The molecule has 11 rings (SSSR count). The van der Waals surface area contributed by atoms with Crippen LogP contribution in [0.5, 0.6) is 0 Å². The summed E-state index contributed by atoms with van der Waals surface area (Å²) in [5.41, 5.74) is 13.4. The molecule has 0 bridgehead atoms. The molecule has 0 aliphatic heterocycles. The van der Waals surface area contributed by atoms with E-state index in [0.717, 1.165) is 5.69 Å². The maximum absolute atomic E-state index is 2.38. The van der Waals surface area contributed by atoms with E-state index < -0.39 is 0 Å². The van der Waals surface area contributed by atoms with E-state index in [1.54, 1.807) is 0 Å². The number of rotatable bonds is 6. The van der Waals surface area contributed by atoms with Crippen molar-refractivity contribution < 1.29 is 0 Å². The molecule has 0 N–H and O–H groups in total. The van der Waals surface area contributed by atoms with E-state index in [1.165, 1.54) is 98.6 Å². The number of hydrogen-bond donors (Lipinski definition) is 0. The van der Waals surface area contributed by atoms with Crippen molar-refractivity contribution in [1.29, 1.82) is 0 Å². The summed E-state index contributed by atoms with van der Waals surface area (Å²) in [5.74, 6) is 0. The monoisotopic (exact) mass is 723 g/mol. The van der Waals surface area contributed by atoms with Gasteiger partial charge < -0.3 is 4.57 Å². The Balaban J connectivity index is 0.937. The lowest BCUT2D eigenvalue weighted by Gasteiger charge is -2.18. The SMILES string of the molecule is C(=Cc1ccc(-c2c3ccccc3c(-c3ccc(-n4c5ccccc5c5ccccc54)cc3)c3ccccc23)cc1)c1ccc(-c2cccc3ccccc23)cc1. The van der Waals surface area contributed by atoms with E-state index in [0.29, 0.717) is 0 Å². The van der Waals surface area contributed by atoms with Crippen LogP contribution >= 0.6 is 0 Å². The lowest BCUT2D eigenvalue weighted by atomic mass is 9.86. The van der Waals surface area contributed by atoms with Crippen molar-refractivity contribution in [2.45, 2.75) is 0 Å². The van der Waals surface area contributed by atoms with Gasteiger partial charge in [-0.05, 0) is 101 Å². The van der Waals surface area contributed by atoms with Gasteiger partial charge in [0.2, 0.25) is 0 Å². The van der Waals surface area contributed by atoms with Crippen LogP contribution in [0.3, 0.4) is 0 Å². The largest absolute Gasteiger partial charge is 0.309 e. The Hall–Kier alpha value is -7.48. The van der Waals surface area contributed by atoms with Gasteiger partial charge in [0.15, 0.2) is 0 Å². The lowest BCUT2D eigenvalue weighted by molar-refractivity contribution is 1.18. The van der Waals surface area contributed by atoms with E-state index in [4.69, 9.17) is 0 Å². The van der Waals surface area contributed by atoms with Crippen molar-refractivity contribution in [3.8, 4) is 39.1 Å².